The number of rotatable bonds is 7. The van der Waals surface area contributed by atoms with Crippen molar-refractivity contribution >= 4 is 17.3 Å². The molecule has 1 aromatic carbocycles. The molecule has 17 heavy (non-hydrogen) atoms. The highest BCUT2D eigenvalue weighted by molar-refractivity contribution is 6.30. The van der Waals surface area contributed by atoms with Crippen molar-refractivity contribution in [3.63, 3.8) is 0 Å². The first-order chi connectivity index (χ1) is 8.22. The molecule has 0 heterocycles. The largest absolute Gasteiger partial charge is 0.490 e. The molecule has 6 heteroatoms. The first kappa shape index (κ1) is 13.8. The van der Waals surface area contributed by atoms with E-state index in [0.717, 1.165) is 5.75 Å². The van der Waals surface area contributed by atoms with Gasteiger partial charge in [-0.1, -0.05) is 16.8 Å². The second kappa shape index (κ2) is 7.89. The summed E-state index contributed by atoms with van der Waals surface area (Å²) in [4.78, 5) is 9.38. The molecule has 0 unspecified atom stereocenters. The Morgan fingerprint density at radius 1 is 1.29 bits per heavy atom. The maximum atomic E-state index is 5.74. The van der Waals surface area contributed by atoms with Crippen molar-refractivity contribution in [1.82, 2.24) is 0 Å². The van der Waals surface area contributed by atoms with Crippen LogP contribution in [0.2, 0.25) is 5.02 Å². The van der Waals surface area contributed by atoms with Crippen molar-refractivity contribution < 1.29 is 14.4 Å². The van der Waals surface area contributed by atoms with Crippen molar-refractivity contribution in [3.8, 4) is 5.75 Å². The van der Waals surface area contributed by atoms with E-state index in [4.69, 9.17) is 27.1 Å². The van der Waals surface area contributed by atoms with Crippen LogP contribution in [-0.4, -0.2) is 25.5 Å². The van der Waals surface area contributed by atoms with Gasteiger partial charge in [0.05, 0.1) is 5.71 Å². The van der Waals surface area contributed by atoms with E-state index in [2.05, 4.69) is 9.99 Å². The molecule has 0 aliphatic rings. The molecule has 1 rings (SSSR count). The summed E-state index contributed by atoms with van der Waals surface area (Å²) in [5.41, 5.74) is 0.666. The lowest BCUT2D eigenvalue weighted by molar-refractivity contribution is 0.103. The van der Waals surface area contributed by atoms with Crippen LogP contribution in [0.4, 0.5) is 0 Å². The van der Waals surface area contributed by atoms with Crippen LogP contribution in [0.3, 0.4) is 0 Å². The Labute approximate surface area is 105 Å². The summed E-state index contributed by atoms with van der Waals surface area (Å²) < 4.78 is 5.39. The second-order valence-corrected chi connectivity index (χ2v) is 3.71. The molecule has 0 saturated carbocycles. The van der Waals surface area contributed by atoms with Crippen molar-refractivity contribution in [3.05, 3.63) is 29.3 Å². The zero-order valence-electron chi connectivity index (χ0n) is 9.56. The van der Waals surface area contributed by atoms with Crippen molar-refractivity contribution in [2.24, 2.45) is 11.1 Å². The Bertz CT molecular complexity index is 354. The van der Waals surface area contributed by atoms with Gasteiger partial charge in [-0.3, -0.25) is 4.84 Å². The van der Waals surface area contributed by atoms with Crippen LogP contribution in [-0.2, 0) is 9.68 Å². The van der Waals surface area contributed by atoms with Gasteiger partial charge in [0.25, 0.3) is 0 Å². The molecule has 2 N–H and O–H groups in total. The zero-order valence-corrected chi connectivity index (χ0v) is 10.3. The minimum absolute atomic E-state index is 0.248. The summed E-state index contributed by atoms with van der Waals surface area (Å²) in [5, 5.41) is 4.45. The predicted octanol–water partition coefficient (Wildman–Crippen LogP) is 2.00. The van der Waals surface area contributed by atoms with Crippen molar-refractivity contribution in [2.75, 3.05) is 19.8 Å². The van der Waals surface area contributed by atoms with Gasteiger partial charge in [-0.2, -0.15) is 0 Å². The lowest BCUT2D eigenvalue weighted by Crippen LogP contribution is -2.11. The van der Waals surface area contributed by atoms with Crippen LogP contribution < -0.4 is 10.6 Å². The first-order valence-corrected chi connectivity index (χ1v) is 5.45. The average molecular weight is 259 g/mol. The summed E-state index contributed by atoms with van der Waals surface area (Å²) in [6.45, 7) is 2.76. The van der Waals surface area contributed by atoms with Crippen molar-refractivity contribution in [2.45, 2.75) is 6.92 Å². The third kappa shape index (κ3) is 6.11. The van der Waals surface area contributed by atoms with E-state index in [9.17, 15) is 0 Å². The molecule has 0 saturated heterocycles. The topological polar surface area (TPSA) is 66.1 Å². The maximum absolute atomic E-state index is 5.74. The van der Waals surface area contributed by atoms with Crippen LogP contribution in [0.15, 0.2) is 29.4 Å². The van der Waals surface area contributed by atoms with Crippen molar-refractivity contribution in [1.29, 1.82) is 0 Å². The van der Waals surface area contributed by atoms with Gasteiger partial charge < -0.3 is 9.57 Å². The van der Waals surface area contributed by atoms with Gasteiger partial charge in [-0.25, -0.2) is 5.90 Å². The van der Waals surface area contributed by atoms with Crippen LogP contribution in [0.1, 0.15) is 6.92 Å². The van der Waals surface area contributed by atoms with E-state index < -0.39 is 0 Å². The van der Waals surface area contributed by atoms with Gasteiger partial charge in [0, 0.05) is 5.02 Å². The molecular formula is C11H15ClN2O3. The molecule has 0 spiro atoms. The standard InChI is InChI=1S/C11H15ClN2O3/c1-9(8-16-13)14-17-7-6-15-11-4-2-10(12)3-5-11/h2-5H,6-8,13H2,1H3. The van der Waals surface area contributed by atoms with E-state index >= 15 is 0 Å². The van der Waals surface area contributed by atoms with Gasteiger partial charge >= 0.3 is 0 Å². The molecular weight excluding hydrogens is 244 g/mol. The average Bonchev–Trinajstić information content (AvgIpc) is 2.31. The number of ether oxygens (including phenoxy) is 1. The monoisotopic (exact) mass is 258 g/mol. The summed E-state index contributed by atoms with van der Waals surface area (Å²) in [7, 11) is 0. The van der Waals surface area contributed by atoms with Gasteiger partial charge in [0.15, 0.2) is 6.61 Å². The third-order valence-corrected chi connectivity index (χ3v) is 2.02. The fourth-order valence-electron chi connectivity index (χ4n) is 1.03. The lowest BCUT2D eigenvalue weighted by atomic mass is 10.3. The second-order valence-electron chi connectivity index (χ2n) is 3.27. The number of oxime groups is 1. The Morgan fingerprint density at radius 3 is 2.65 bits per heavy atom. The summed E-state index contributed by atoms with van der Waals surface area (Å²) in [6.07, 6.45) is 0. The zero-order chi connectivity index (χ0) is 12.5. The highest BCUT2D eigenvalue weighted by Gasteiger charge is 1.94. The van der Waals surface area contributed by atoms with Gasteiger partial charge in [0.2, 0.25) is 0 Å². The highest BCUT2D eigenvalue weighted by atomic mass is 35.5. The minimum atomic E-state index is 0.248. The number of nitrogens with zero attached hydrogens (tertiary/aromatic N) is 1. The summed E-state index contributed by atoms with van der Waals surface area (Å²) in [6, 6.07) is 7.11. The summed E-state index contributed by atoms with van der Waals surface area (Å²) in [5.74, 6) is 5.62. The van der Waals surface area contributed by atoms with E-state index in [-0.39, 0.29) is 6.61 Å². The molecule has 0 fully saturated rings. The number of nitrogens with two attached hydrogens (primary N) is 1. The van der Waals surface area contributed by atoms with E-state index in [0.29, 0.717) is 23.9 Å². The molecule has 0 aliphatic carbocycles. The van der Waals surface area contributed by atoms with Gasteiger partial charge in [-0.05, 0) is 31.2 Å². The summed E-state index contributed by atoms with van der Waals surface area (Å²) >= 11 is 5.74. The minimum Gasteiger partial charge on any atom is -0.490 e. The van der Waals surface area contributed by atoms with Crippen LogP contribution >= 0.6 is 11.6 Å². The molecule has 94 valence electrons. The Hall–Kier alpha value is -1.30. The number of benzene rings is 1. The van der Waals surface area contributed by atoms with Crippen LogP contribution in [0.5, 0.6) is 5.75 Å². The Balaban J connectivity index is 2.16. The third-order valence-electron chi connectivity index (χ3n) is 1.77. The number of hydrogen-bond donors (Lipinski definition) is 1. The Kier molecular flexibility index (Phi) is 6.39. The fourth-order valence-corrected chi connectivity index (χ4v) is 1.16. The molecule has 0 bridgehead atoms. The predicted molar refractivity (Wildman–Crippen MR) is 66.1 cm³/mol. The first-order valence-electron chi connectivity index (χ1n) is 5.08. The van der Waals surface area contributed by atoms with Crippen LogP contribution in [0, 0.1) is 0 Å². The van der Waals surface area contributed by atoms with E-state index in [1.807, 2.05) is 0 Å². The quantitative estimate of drug-likeness (QED) is 0.462. The van der Waals surface area contributed by atoms with E-state index in [1.165, 1.54) is 0 Å². The van der Waals surface area contributed by atoms with E-state index in [1.54, 1.807) is 31.2 Å². The van der Waals surface area contributed by atoms with Gasteiger partial charge in [0.1, 0.15) is 19.0 Å². The number of halogens is 1. The smallest absolute Gasteiger partial charge is 0.151 e. The molecule has 0 aromatic heterocycles. The fraction of sp³-hybridized carbons (Fsp3) is 0.364. The molecule has 0 atom stereocenters. The molecule has 0 amide bonds. The normalized spacial score (nSPS) is 11.4. The molecule has 0 aliphatic heterocycles. The van der Waals surface area contributed by atoms with Gasteiger partial charge in [-0.15, -0.1) is 0 Å². The van der Waals surface area contributed by atoms with Crippen LogP contribution in [0.25, 0.3) is 0 Å². The molecule has 1 aromatic rings. The lowest BCUT2D eigenvalue weighted by Gasteiger charge is -2.05. The SMILES string of the molecule is CC(CON)=NOCCOc1ccc(Cl)cc1. The molecule has 5 nitrogen and oxygen atoms in total. The maximum Gasteiger partial charge on any atom is 0.151 e. The molecule has 0 radical (unpaired) electrons. The highest BCUT2D eigenvalue weighted by Crippen LogP contribution is 2.15. The Morgan fingerprint density at radius 2 is 2.00 bits per heavy atom. The number of hydrogen-bond acceptors (Lipinski definition) is 5.